The van der Waals surface area contributed by atoms with Crippen LogP contribution in [0.4, 0.5) is 0 Å². The lowest BCUT2D eigenvalue weighted by Gasteiger charge is -2.18. The summed E-state index contributed by atoms with van der Waals surface area (Å²) in [5.74, 6) is -0.686. The van der Waals surface area contributed by atoms with Gasteiger partial charge in [-0.05, 0) is 83.5 Å². The van der Waals surface area contributed by atoms with E-state index in [1.54, 1.807) is 0 Å². The Balaban J connectivity index is 3.86. The standard InChI is InChI=1S/C42H72O4/c1-3-5-7-9-10-11-12-13-14-15-16-17-18-19-20-21-22-23-28-31-35-39-42(45)46-40(36-32-8-6-4-2)37-33-29-26-24-25-27-30-34-38-41(43)44/h5,7,10-11,13-14,16-17,19-20,40H,3-4,6,8-9,12,15,18,21-39H2,1-2H3,(H,43,44)/b7-5-,11-10-,14-13-,17-16-,20-19-. The molecule has 0 bridgehead atoms. The Kier molecular flexibility index (Phi) is 35.2. The molecule has 0 fully saturated rings. The number of carboxylic acids is 1. The van der Waals surface area contributed by atoms with E-state index in [9.17, 15) is 9.59 Å². The molecule has 0 heterocycles. The number of carbonyl (C=O) groups excluding carboxylic acids is 1. The third-order valence-corrected chi connectivity index (χ3v) is 8.25. The highest BCUT2D eigenvalue weighted by Gasteiger charge is 2.14. The van der Waals surface area contributed by atoms with Gasteiger partial charge in [-0.15, -0.1) is 0 Å². The van der Waals surface area contributed by atoms with E-state index in [2.05, 4.69) is 74.6 Å². The van der Waals surface area contributed by atoms with Crippen molar-refractivity contribution in [3.05, 3.63) is 60.8 Å². The Morgan fingerprint density at radius 3 is 1.41 bits per heavy atom. The van der Waals surface area contributed by atoms with Crippen molar-refractivity contribution >= 4 is 11.9 Å². The fraction of sp³-hybridized carbons (Fsp3) is 0.714. The lowest BCUT2D eigenvalue weighted by atomic mass is 10.0. The molecule has 0 radical (unpaired) electrons. The summed E-state index contributed by atoms with van der Waals surface area (Å²) in [6.07, 6.45) is 51.1. The van der Waals surface area contributed by atoms with Gasteiger partial charge >= 0.3 is 11.9 Å². The van der Waals surface area contributed by atoms with Crippen LogP contribution in [0.2, 0.25) is 0 Å². The molecule has 0 saturated heterocycles. The van der Waals surface area contributed by atoms with Crippen molar-refractivity contribution in [1.29, 1.82) is 0 Å². The number of esters is 1. The van der Waals surface area contributed by atoms with Crippen LogP contribution in [0.5, 0.6) is 0 Å². The van der Waals surface area contributed by atoms with E-state index in [1.165, 1.54) is 64.2 Å². The van der Waals surface area contributed by atoms with Crippen molar-refractivity contribution in [3.63, 3.8) is 0 Å². The molecule has 264 valence electrons. The third kappa shape index (κ3) is 36.1. The van der Waals surface area contributed by atoms with Crippen LogP contribution in [-0.2, 0) is 14.3 Å². The molecule has 1 unspecified atom stereocenters. The quantitative estimate of drug-likeness (QED) is 0.0432. The van der Waals surface area contributed by atoms with Crippen molar-refractivity contribution in [2.45, 2.75) is 193 Å². The molecule has 0 aromatic heterocycles. The fourth-order valence-electron chi connectivity index (χ4n) is 5.45. The predicted octanol–water partition coefficient (Wildman–Crippen LogP) is 13.3. The van der Waals surface area contributed by atoms with Gasteiger partial charge in [0.05, 0.1) is 0 Å². The molecule has 4 heteroatoms. The van der Waals surface area contributed by atoms with E-state index in [-0.39, 0.29) is 12.1 Å². The van der Waals surface area contributed by atoms with Crippen LogP contribution >= 0.6 is 0 Å². The van der Waals surface area contributed by atoms with E-state index in [1.807, 2.05) is 0 Å². The zero-order valence-corrected chi connectivity index (χ0v) is 30.1. The van der Waals surface area contributed by atoms with Crippen LogP contribution in [0.15, 0.2) is 60.8 Å². The number of unbranched alkanes of at least 4 members (excludes halogenated alkanes) is 15. The molecule has 0 aromatic rings. The number of allylic oxidation sites excluding steroid dienone is 10. The number of hydrogen-bond donors (Lipinski definition) is 1. The average Bonchev–Trinajstić information content (AvgIpc) is 3.04. The van der Waals surface area contributed by atoms with Gasteiger partial charge in [0.15, 0.2) is 0 Å². The summed E-state index contributed by atoms with van der Waals surface area (Å²) in [6, 6.07) is 0. The first-order valence-electron chi connectivity index (χ1n) is 19.3. The molecular formula is C42H72O4. The Hall–Kier alpha value is -2.36. The highest BCUT2D eigenvalue weighted by atomic mass is 16.5. The first-order chi connectivity index (χ1) is 22.6. The molecule has 1 N–H and O–H groups in total. The molecule has 0 saturated carbocycles. The van der Waals surface area contributed by atoms with E-state index < -0.39 is 5.97 Å². The van der Waals surface area contributed by atoms with Crippen LogP contribution in [0.1, 0.15) is 187 Å². The van der Waals surface area contributed by atoms with Gasteiger partial charge in [-0.25, -0.2) is 0 Å². The zero-order valence-electron chi connectivity index (χ0n) is 30.1. The molecule has 4 nitrogen and oxygen atoms in total. The van der Waals surface area contributed by atoms with Crippen molar-refractivity contribution in [1.82, 2.24) is 0 Å². The SMILES string of the molecule is CC/C=C\C/C=C\C/C=C\C/C=C\C/C=C\CCCCCCCC(=O)OC(CCCCCC)CCCCCCCCCCC(=O)O. The molecule has 0 aliphatic heterocycles. The van der Waals surface area contributed by atoms with Gasteiger partial charge in [0.25, 0.3) is 0 Å². The first kappa shape index (κ1) is 43.6. The summed E-state index contributed by atoms with van der Waals surface area (Å²) >= 11 is 0. The van der Waals surface area contributed by atoms with Crippen LogP contribution in [0.3, 0.4) is 0 Å². The number of rotatable bonds is 34. The summed E-state index contributed by atoms with van der Waals surface area (Å²) < 4.78 is 5.96. The van der Waals surface area contributed by atoms with Gasteiger partial charge < -0.3 is 9.84 Å². The van der Waals surface area contributed by atoms with Gasteiger partial charge in [-0.1, -0.05) is 152 Å². The maximum atomic E-state index is 12.6. The fourth-order valence-corrected chi connectivity index (χ4v) is 5.45. The third-order valence-electron chi connectivity index (χ3n) is 8.25. The smallest absolute Gasteiger partial charge is 0.306 e. The molecule has 0 aliphatic carbocycles. The molecule has 0 rings (SSSR count). The molecule has 46 heavy (non-hydrogen) atoms. The summed E-state index contributed by atoms with van der Waals surface area (Å²) in [5.41, 5.74) is 0. The molecule has 0 amide bonds. The zero-order chi connectivity index (χ0) is 33.6. The second kappa shape index (κ2) is 37.1. The molecule has 0 aliphatic rings. The number of hydrogen-bond acceptors (Lipinski definition) is 3. The minimum Gasteiger partial charge on any atom is -0.481 e. The average molecular weight is 641 g/mol. The normalized spacial score (nSPS) is 12.9. The van der Waals surface area contributed by atoms with E-state index in [0.29, 0.717) is 12.8 Å². The highest BCUT2D eigenvalue weighted by molar-refractivity contribution is 5.69. The van der Waals surface area contributed by atoms with Gasteiger partial charge in [0, 0.05) is 12.8 Å². The minimum absolute atomic E-state index is 0.000586. The number of aliphatic carboxylic acids is 1. The van der Waals surface area contributed by atoms with Crippen LogP contribution in [-0.4, -0.2) is 23.1 Å². The Morgan fingerprint density at radius 1 is 0.500 bits per heavy atom. The van der Waals surface area contributed by atoms with Gasteiger partial charge in [-0.3, -0.25) is 9.59 Å². The maximum absolute atomic E-state index is 12.6. The maximum Gasteiger partial charge on any atom is 0.306 e. The van der Waals surface area contributed by atoms with Crippen molar-refractivity contribution in [2.24, 2.45) is 0 Å². The second-order valence-corrected chi connectivity index (χ2v) is 12.7. The highest BCUT2D eigenvalue weighted by Crippen LogP contribution is 2.18. The first-order valence-corrected chi connectivity index (χ1v) is 19.3. The number of carbonyl (C=O) groups is 2. The second-order valence-electron chi connectivity index (χ2n) is 12.7. The molecular weight excluding hydrogens is 568 g/mol. The van der Waals surface area contributed by atoms with Gasteiger partial charge in [0.1, 0.15) is 6.10 Å². The Bertz CT molecular complexity index is 820. The van der Waals surface area contributed by atoms with E-state index >= 15 is 0 Å². The summed E-state index contributed by atoms with van der Waals surface area (Å²) in [5, 5.41) is 8.71. The van der Waals surface area contributed by atoms with Crippen molar-refractivity contribution in [2.75, 3.05) is 0 Å². The van der Waals surface area contributed by atoms with Crippen molar-refractivity contribution in [3.8, 4) is 0 Å². The summed E-state index contributed by atoms with van der Waals surface area (Å²) in [7, 11) is 0. The number of ether oxygens (including phenoxy) is 1. The summed E-state index contributed by atoms with van der Waals surface area (Å²) in [6.45, 7) is 4.39. The van der Waals surface area contributed by atoms with Crippen LogP contribution in [0, 0.1) is 0 Å². The Morgan fingerprint density at radius 2 is 0.913 bits per heavy atom. The van der Waals surface area contributed by atoms with Gasteiger partial charge in [-0.2, -0.15) is 0 Å². The summed E-state index contributed by atoms with van der Waals surface area (Å²) in [4.78, 5) is 23.1. The van der Waals surface area contributed by atoms with Crippen LogP contribution in [0.25, 0.3) is 0 Å². The lowest BCUT2D eigenvalue weighted by molar-refractivity contribution is -0.150. The largest absolute Gasteiger partial charge is 0.481 e. The topological polar surface area (TPSA) is 63.6 Å². The van der Waals surface area contributed by atoms with Crippen molar-refractivity contribution < 1.29 is 19.4 Å². The van der Waals surface area contributed by atoms with E-state index in [0.717, 1.165) is 96.3 Å². The minimum atomic E-state index is -0.686. The van der Waals surface area contributed by atoms with E-state index in [4.69, 9.17) is 9.84 Å². The molecule has 0 spiro atoms. The van der Waals surface area contributed by atoms with Gasteiger partial charge in [0.2, 0.25) is 0 Å². The Labute approximate surface area is 284 Å². The number of carboxylic acid groups (broad SMARTS) is 1. The van der Waals surface area contributed by atoms with Crippen LogP contribution < -0.4 is 0 Å². The molecule has 1 atom stereocenters. The lowest BCUT2D eigenvalue weighted by Crippen LogP contribution is -2.18. The monoisotopic (exact) mass is 641 g/mol. The molecule has 0 aromatic carbocycles. The predicted molar refractivity (Wildman–Crippen MR) is 199 cm³/mol.